The van der Waals surface area contributed by atoms with Gasteiger partial charge in [0.15, 0.2) is 0 Å². The maximum Gasteiger partial charge on any atom is 0.238 e. The highest BCUT2D eigenvalue weighted by molar-refractivity contribution is 5.80. The Morgan fingerprint density at radius 3 is 2.53 bits per heavy atom. The molecule has 0 aromatic rings. The van der Waals surface area contributed by atoms with Gasteiger partial charge in [0, 0.05) is 13.6 Å². The monoisotopic (exact) mass is 212 g/mol. The van der Waals surface area contributed by atoms with Crippen LogP contribution in [0.15, 0.2) is 0 Å². The summed E-state index contributed by atoms with van der Waals surface area (Å²) in [6.07, 6.45) is 7.98. The summed E-state index contributed by atoms with van der Waals surface area (Å²) >= 11 is 0. The number of nitrogens with zero attached hydrogens (tertiary/aromatic N) is 1. The van der Waals surface area contributed by atoms with E-state index in [1.54, 1.807) is 11.8 Å². The SMILES string of the molecule is CC(N)C(=O)N(C)CCC1CCCCC1. The Morgan fingerprint density at radius 1 is 1.40 bits per heavy atom. The third-order valence-corrected chi connectivity index (χ3v) is 3.36. The number of carbonyl (C=O) groups excluding carboxylic acids is 1. The second kappa shape index (κ2) is 6.11. The minimum Gasteiger partial charge on any atom is -0.344 e. The van der Waals surface area contributed by atoms with Crippen LogP contribution in [0.3, 0.4) is 0 Å². The molecule has 1 unspecified atom stereocenters. The van der Waals surface area contributed by atoms with Gasteiger partial charge in [-0.1, -0.05) is 32.1 Å². The molecular formula is C12H24N2O. The summed E-state index contributed by atoms with van der Waals surface area (Å²) < 4.78 is 0. The number of hydrogen-bond acceptors (Lipinski definition) is 2. The van der Waals surface area contributed by atoms with Crippen LogP contribution in [-0.2, 0) is 4.79 Å². The van der Waals surface area contributed by atoms with E-state index in [0.717, 1.165) is 18.9 Å². The second-order valence-electron chi connectivity index (χ2n) is 4.84. The highest BCUT2D eigenvalue weighted by Crippen LogP contribution is 2.26. The smallest absolute Gasteiger partial charge is 0.238 e. The van der Waals surface area contributed by atoms with Gasteiger partial charge in [-0.3, -0.25) is 4.79 Å². The molecule has 3 nitrogen and oxygen atoms in total. The van der Waals surface area contributed by atoms with Gasteiger partial charge in [0.05, 0.1) is 6.04 Å². The van der Waals surface area contributed by atoms with Crippen LogP contribution in [0, 0.1) is 5.92 Å². The van der Waals surface area contributed by atoms with Crippen molar-refractivity contribution in [3.8, 4) is 0 Å². The summed E-state index contributed by atoms with van der Waals surface area (Å²) in [7, 11) is 1.86. The van der Waals surface area contributed by atoms with Crippen molar-refractivity contribution in [2.24, 2.45) is 11.7 Å². The van der Waals surface area contributed by atoms with Gasteiger partial charge in [0.25, 0.3) is 0 Å². The summed E-state index contributed by atoms with van der Waals surface area (Å²) in [6, 6.07) is -0.360. The average Bonchev–Trinajstić information content (AvgIpc) is 2.26. The Kier molecular flexibility index (Phi) is 5.09. The Hall–Kier alpha value is -0.570. The Bertz CT molecular complexity index is 198. The highest BCUT2D eigenvalue weighted by atomic mass is 16.2. The standard InChI is InChI=1S/C12H24N2O/c1-10(13)12(15)14(2)9-8-11-6-4-3-5-7-11/h10-11H,3-9,13H2,1-2H3. The predicted molar refractivity (Wildman–Crippen MR) is 62.5 cm³/mol. The molecule has 2 N–H and O–H groups in total. The van der Waals surface area contributed by atoms with Crippen molar-refractivity contribution in [2.45, 2.75) is 51.5 Å². The molecule has 1 rings (SSSR count). The van der Waals surface area contributed by atoms with E-state index in [9.17, 15) is 4.79 Å². The van der Waals surface area contributed by atoms with E-state index in [2.05, 4.69) is 0 Å². The maximum atomic E-state index is 11.5. The Morgan fingerprint density at radius 2 is 2.00 bits per heavy atom. The number of amides is 1. The molecular weight excluding hydrogens is 188 g/mol. The van der Waals surface area contributed by atoms with Gasteiger partial charge in [-0.15, -0.1) is 0 Å². The van der Waals surface area contributed by atoms with Crippen molar-refractivity contribution in [1.29, 1.82) is 0 Å². The lowest BCUT2D eigenvalue weighted by Gasteiger charge is -2.25. The summed E-state index contributed by atoms with van der Waals surface area (Å²) in [5.74, 6) is 0.896. The summed E-state index contributed by atoms with van der Waals surface area (Å²) in [6.45, 7) is 2.62. The Labute approximate surface area is 93.0 Å². The molecule has 0 aliphatic heterocycles. The summed E-state index contributed by atoms with van der Waals surface area (Å²) in [5, 5.41) is 0. The fraction of sp³-hybridized carbons (Fsp3) is 0.917. The molecule has 1 atom stereocenters. The number of rotatable bonds is 4. The summed E-state index contributed by atoms with van der Waals surface area (Å²) in [4.78, 5) is 13.3. The fourth-order valence-electron chi connectivity index (χ4n) is 2.31. The van der Waals surface area contributed by atoms with Crippen LogP contribution < -0.4 is 5.73 Å². The molecule has 0 aromatic heterocycles. The first kappa shape index (κ1) is 12.5. The number of likely N-dealkylation sites (N-methyl/N-ethyl adjacent to an activating group) is 1. The van der Waals surface area contributed by atoms with Gasteiger partial charge in [0.1, 0.15) is 0 Å². The summed E-state index contributed by atoms with van der Waals surface area (Å²) in [5.41, 5.74) is 5.55. The van der Waals surface area contributed by atoms with Crippen molar-refractivity contribution >= 4 is 5.91 Å². The van der Waals surface area contributed by atoms with Crippen molar-refractivity contribution in [1.82, 2.24) is 4.90 Å². The normalized spacial score (nSPS) is 19.9. The first-order valence-corrected chi connectivity index (χ1v) is 6.12. The lowest BCUT2D eigenvalue weighted by atomic mass is 9.87. The molecule has 15 heavy (non-hydrogen) atoms. The van der Waals surface area contributed by atoms with Gasteiger partial charge in [-0.2, -0.15) is 0 Å². The first-order valence-electron chi connectivity index (χ1n) is 6.12. The van der Waals surface area contributed by atoms with Crippen molar-refractivity contribution in [3.63, 3.8) is 0 Å². The van der Waals surface area contributed by atoms with Gasteiger partial charge in [-0.05, 0) is 19.3 Å². The van der Waals surface area contributed by atoms with Crippen LogP contribution in [0.5, 0.6) is 0 Å². The third kappa shape index (κ3) is 4.20. The Balaban J connectivity index is 2.20. The highest BCUT2D eigenvalue weighted by Gasteiger charge is 2.17. The molecule has 1 aliphatic carbocycles. The zero-order valence-electron chi connectivity index (χ0n) is 10.0. The van der Waals surface area contributed by atoms with E-state index in [1.165, 1.54) is 32.1 Å². The molecule has 3 heteroatoms. The van der Waals surface area contributed by atoms with E-state index in [4.69, 9.17) is 5.73 Å². The van der Waals surface area contributed by atoms with Gasteiger partial charge >= 0.3 is 0 Å². The van der Waals surface area contributed by atoms with Crippen LogP contribution in [0.4, 0.5) is 0 Å². The molecule has 0 bridgehead atoms. The lowest BCUT2D eigenvalue weighted by Crippen LogP contribution is -2.40. The lowest BCUT2D eigenvalue weighted by molar-refractivity contribution is -0.131. The fourth-order valence-corrected chi connectivity index (χ4v) is 2.31. The van der Waals surface area contributed by atoms with Crippen molar-refractivity contribution in [3.05, 3.63) is 0 Å². The van der Waals surface area contributed by atoms with Crippen molar-refractivity contribution < 1.29 is 4.79 Å². The van der Waals surface area contributed by atoms with Crippen LogP contribution in [0.1, 0.15) is 45.4 Å². The zero-order valence-corrected chi connectivity index (χ0v) is 10.0. The van der Waals surface area contributed by atoms with Crippen LogP contribution >= 0.6 is 0 Å². The number of nitrogens with two attached hydrogens (primary N) is 1. The quantitative estimate of drug-likeness (QED) is 0.772. The average molecular weight is 212 g/mol. The minimum atomic E-state index is -0.360. The largest absolute Gasteiger partial charge is 0.344 e. The number of carbonyl (C=O) groups is 1. The van der Waals surface area contributed by atoms with E-state index < -0.39 is 0 Å². The maximum absolute atomic E-state index is 11.5. The van der Waals surface area contributed by atoms with Crippen LogP contribution in [0.25, 0.3) is 0 Å². The van der Waals surface area contributed by atoms with E-state index >= 15 is 0 Å². The molecule has 1 amide bonds. The number of hydrogen-bond donors (Lipinski definition) is 1. The van der Waals surface area contributed by atoms with E-state index in [0.29, 0.717) is 0 Å². The third-order valence-electron chi connectivity index (χ3n) is 3.36. The van der Waals surface area contributed by atoms with E-state index in [1.807, 2.05) is 7.05 Å². The van der Waals surface area contributed by atoms with E-state index in [-0.39, 0.29) is 11.9 Å². The molecule has 0 aromatic carbocycles. The van der Waals surface area contributed by atoms with Crippen LogP contribution in [-0.4, -0.2) is 30.4 Å². The molecule has 0 heterocycles. The topological polar surface area (TPSA) is 46.3 Å². The van der Waals surface area contributed by atoms with Crippen LogP contribution in [0.2, 0.25) is 0 Å². The van der Waals surface area contributed by atoms with Gasteiger partial charge in [0.2, 0.25) is 5.91 Å². The van der Waals surface area contributed by atoms with Gasteiger partial charge < -0.3 is 10.6 Å². The molecule has 88 valence electrons. The molecule has 1 fully saturated rings. The molecule has 0 saturated heterocycles. The predicted octanol–water partition coefficient (Wildman–Crippen LogP) is 1.76. The first-order chi connectivity index (χ1) is 7.11. The molecule has 0 radical (unpaired) electrons. The molecule has 0 spiro atoms. The second-order valence-corrected chi connectivity index (χ2v) is 4.84. The molecule has 1 aliphatic rings. The van der Waals surface area contributed by atoms with Gasteiger partial charge in [-0.25, -0.2) is 0 Å². The zero-order chi connectivity index (χ0) is 11.3. The minimum absolute atomic E-state index is 0.0609. The molecule has 1 saturated carbocycles. The van der Waals surface area contributed by atoms with Crippen molar-refractivity contribution in [2.75, 3.05) is 13.6 Å².